The predicted octanol–water partition coefficient (Wildman–Crippen LogP) is 0.783. The van der Waals surface area contributed by atoms with Gasteiger partial charge >= 0.3 is 0 Å². The molecule has 0 amide bonds. The lowest BCUT2D eigenvalue weighted by Crippen LogP contribution is -2.58. The van der Waals surface area contributed by atoms with Crippen molar-refractivity contribution in [3.63, 3.8) is 0 Å². The molecule has 1 aliphatic rings. The minimum atomic E-state index is -1.69. The van der Waals surface area contributed by atoms with Crippen LogP contribution in [-0.2, 0) is 4.74 Å². The number of phenolic OH excluding ortho intramolecular Hbond substituents is 3. The molecule has 0 unspecified atom stereocenters. The molecule has 0 radical (unpaired) electrons. The molecule has 164 valence electrons. The molecule has 2 aromatic carbocycles. The van der Waals surface area contributed by atoms with Crippen LogP contribution in [0, 0.1) is 0 Å². The Balaban J connectivity index is 1.90. The number of rotatable bonds is 3. The zero-order chi connectivity index (χ0) is 22.4. The Morgan fingerprint density at radius 3 is 2.26 bits per heavy atom. The summed E-state index contributed by atoms with van der Waals surface area (Å²) >= 11 is 0. The third-order valence-electron chi connectivity index (χ3n) is 5.09. The van der Waals surface area contributed by atoms with E-state index in [9.17, 15) is 35.4 Å². The SMILES string of the molecule is C[C@@H]1O[C@@H](Oc2c(-c3ccc(O)cc3)oc3cc(O)cc(O)c3c2=O)[C@@H](O)[C@H](O)[C@@H]1O. The Bertz CT molecular complexity index is 1170. The molecule has 10 nitrogen and oxygen atoms in total. The molecule has 1 saturated heterocycles. The summed E-state index contributed by atoms with van der Waals surface area (Å²) in [5, 5.41) is 59.4. The maximum Gasteiger partial charge on any atom is 0.239 e. The van der Waals surface area contributed by atoms with Gasteiger partial charge < -0.3 is 44.5 Å². The highest BCUT2D eigenvalue weighted by atomic mass is 16.7. The summed E-state index contributed by atoms with van der Waals surface area (Å²) in [7, 11) is 0. The van der Waals surface area contributed by atoms with Crippen molar-refractivity contribution in [1.29, 1.82) is 0 Å². The number of ether oxygens (including phenoxy) is 2. The Hall–Kier alpha value is -3.31. The zero-order valence-corrected chi connectivity index (χ0v) is 16.2. The lowest BCUT2D eigenvalue weighted by molar-refractivity contribution is -0.268. The van der Waals surface area contributed by atoms with E-state index in [-0.39, 0.29) is 28.2 Å². The first-order valence-corrected chi connectivity index (χ1v) is 9.36. The maximum absolute atomic E-state index is 13.2. The van der Waals surface area contributed by atoms with Gasteiger partial charge in [-0.05, 0) is 31.2 Å². The van der Waals surface area contributed by atoms with E-state index < -0.39 is 47.6 Å². The molecule has 0 aliphatic carbocycles. The smallest absolute Gasteiger partial charge is 0.239 e. The maximum atomic E-state index is 13.2. The van der Waals surface area contributed by atoms with Crippen molar-refractivity contribution in [2.24, 2.45) is 0 Å². The van der Waals surface area contributed by atoms with Crippen molar-refractivity contribution in [2.45, 2.75) is 37.6 Å². The standard InChI is InChI=1S/C21H20O10/c1-8-15(25)17(27)18(28)21(29-8)31-20-16(26)14-12(24)6-11(23)7-13(14)30-19(20)9-2-4-10(22)5-3-9/h2-8,15,17-18,21-25,27-28H,1H3/t8-,15+,17+,18-,21-/m0/s1. The van der Waals surface area contributed by atoms with Crippen LogP contribution in [0.15, 0.2) is 45.6 Å². The van der Waals surface area contributed by atoms with E-state index in [1.807, 2.05) is 0 Å². The van der Waals surface area contributed by atoms with Gasteiger partial charge in [0.2, 0.25) is 17.5 Å². The number of fused-ring (bicyclic) bond motifs is 1. The lowest BCUT2D eigenvalue weighted by Gasteiger charge is -2.38. The van der Waals surface area contributed by atoms with Crippen LogP contribution >= 0.6 is 0 Å². The van der Waals surface area contributed by atoms with Crippen molar-refractivity contribution >= 4 is 11.0 Å². The molecular weight excluding hydrogens is 412 g/mol. The first-order chi connectivity index (χ1) is 14.7. The second-order valence-corrected chi connectivity index (χ2v) is 7.27. The summed E-state index contributed by atoms with van der Waals surface area (Å²) in [6.45, 7) is 1.45. The van der Waals surface area contributed by atoms with Crippen molar-refractivity contribution < 1.29 is 44.5 Å². The monoisotopic (exact) mass is 432 g/mol. The van der Waals surface area contributed by atoms with Gasteiger partial charge in [-0.25, -0.2) is 0 Å². The highest BCUT2D eigenvalue weighted by Gasteiger charge is 2.44. The minimum absolute atomic E-state index is 0.0402. The Morgan fingerprint density at radius 1 is 0.903 bits per heavy atom. The van der Waals surface area contributed by atoms with Crippen molar-refractivity contribution in [3.8, 4) is 34.3 Å². The number of aliphatic hydroxyl groups excluding tert-OH is 3. The average Bonchev–Trinajstić information content (AvgIpc) is 2.72. The fourth-order valence-electron chi connectivity index (χ4n) is 3.41. The normalized spacial score (nSPS) is 26.1. The molecule has 0 spiro atoms. The molecule has 6 N–H and O–H groups in total. The van der Waals surface area contributed by atoms with Crippen LogP contribution in [0.4, 0.5) is 0 Å². The number of aromatic hydroxyl groups is 3. The average molecular weight is 432 g/mol. The van der Waals surface area contributed by atoms with E-state index in [1.54, 1.807) is 0 Å². The molecule has 31 heavy (non-hydrogen) atoms. The fourth-order valence-corrected chi connectivity index (χ4v) is 3.41. The molecule has 5 atom stereocenters. The second-order valence-electron chi connectivity index (χ2n) is 7.27. The molecule has 1 fully saturated rings. The molecule has 0 saturated carbocycles. The predicted molar refractivity (Wildman–Crippen MR) is 106 cm³/mol. The van der Waals surface area contributed by atoms with Crippen LogP contribution in [-0.4, -0.2) is 61.3 Å². The van der Waals surface area contributed by atoms with Crippen LogP contribution in [0.25, 0.3) is 22.3 Å². The number of hydrogen-bond acceptors (Lipinski definition) is 10. The van der Waals surface area contributed by atoms with Crippen LogP contribution in [0.2, 0.25) is 0 Å². The van der Waals surface area contributed by atoms with E-state index in [0.717, 1.165) is 12.1 Å². The molecule has 3 aromatic rings. The van der Waals surface area contributed by atoms with Crippen LogP contribution in [0.5, 0.6) is 23.0 Å². The number of phenols is 3. The zero-order valence-electron chi connectivity index (χ0n) is 16.2. The summed E-state index contributed by atoms with van der Waals surface area (Å²) in [6, 6.07) is 7.66. The number of hydrogen-bond donors (Lipinski definition) is 6. The largest absolute Gasteiger partial charge is 0.508 e. The quantitative estimate of drug-likeness (QED) is 0.348. The van der Waals surface area contributed by atoms with Gasteiger partial charge in [0, 0.05) is 17.7 Å². The Morgan fingerprint density at radius 2 is 1.58 bits per heavy atom. The van der Waals surface area contributed by atoms with Crippen LogP contribution < -0.4 is 10.2 Å². The van der Waals surface area contributed by atoms with Gasteiger partial charge in [0.25, 0.3) is 0 Å². The molecule has 1 aliphatic heterocycles. The molecule has 2 heterocycles. The van der Waals surface area contributed by atoms with Gasteiger partial charge in [-0.15, -0.1) is 0 Å². The molecular formula is C21H20O10. The first kappa shape index (κ1) is 20.9. The molecule has 10 heteroatoms. The van der Waals surface area contributed by atoms with Gasteiger partial charge in [-0.2, -0.15) is 0 Å². The van der Waals surface area contributed by atoms with Crippen LogP contribution in [0.3, 0.4) is 0 Å². The minimum Gasteiger partial charge on any atom is -0.508 e. The van der Waals surface area contributed by atoms with Gasteiger partial charge in [-0.1, -0.05) is 0 Å². The lowest BCUT2D eigenvalue weighted by atomic mass is 10.00. The van der Waals surface area contributed by atoms with E-state index in [2.05, 4.69) is 0 Å². The Labute approximate surface area is 174 Å². The highest BCUT2D eigenvalue weighted by Crippen LogP contribution is 2.37. The third-order valence-corrected chi connectivity index (χ3v) is 5.09. The summed E-state index contributed by atoms with van der Waals surface area (Å²) < 4.78 is 16.8. The van der Waals surface area contributed by atoms with Gasteiger partial charge in [0.05, 0.1) is 6.10 Å². The highest BCUT2D eigenvalue weighted by molar-refractivity contribution is 5.88. The first-order valence-electron chi connectivity index (χ1n) is 9.36. The number of benzene rings is 2. The van der Waals surface area contributed by atoms with Gasteiger partial charge in [0.1, 0.15) is 46.5 Å². The molecule has 1 aromatic heterocycles. The van der Waals surface area contributed by atoms with E-state index >= 15 is 0 Å². The van der Waals surface area contributed by atoms with Crippen molar-refractivity contribution in [2.75, 3.05) is 0 Å². The molecule has 0 bridgehead atoms. The summed E-state index contributed by atoms with van der Waals surface area (Å²) in [5.74, 6) is -1.51. The van der Waals surface area contributed by atoms with E-state index in [4.69, 9.17) is 13.9 Å². The topological polar surface area (TPSA) is 170 Å². The summed E-state index contributed by atoms with van der Waals surface area (Å²) in [5.41, 5.74) is -0.661. The fraction of sp³-hybridized carbons (Fsp3) is 0.286. The number of aliphatic hydroxyl groups is 3. The van der Waals surface area contributed by atoms with Crippen molar-refractivity contribution in [3.05, 3.63) is 46.6 Å². The van der Waals surface area contributed by atoms with Crippen LogP contribution in [0.1, 0.15) is 6.92 Å². The Kier molecular flexibility index (Phi) is 5.23. The van der Waals surface area contributed by atoms with Gasteiger partial charge in [-0.3, -0.25) is 4.79 Å². The van der Waals surface area contributed by atoms with Crippen molar-refractivity contribution in [1.82, 2.24) is 0 Å². The van der Waals surface area contributed by atoms with Gasteiger partial charge in [0.15, 0.2) is 5.76 Å². The molecule has 4 rings (SSSR count). The second kappa shape index (κ2) is 7.75. The van der Waals surface area contributed by atoms with E-state index in [1.165, 1.54) is 31.2 Å². The summed E-state index contributed by atoms with van der Waals surface area (Å²) in [4.78, 5) is 13.2. The third kappa shape index (κ3) is 3.66. The van der Waals surface area contributed by atoms with E-state index in [0.29, 0.717) is 5.56 Å². The summed E-state index contributed by atoms with van der Waals surface area (Å²) in [6.07, 6.45) is -7.11.